The number of epoxide rings is 1. The van der Waals surface area contributed by atoms with Crippen molar-refractivity contribution in [3.05, 3.63) is 0 Å². The zero-order valence-electron chi connectivity index (χ0n) is 8.05. The molecule has 0 aromatic rings. The van der Waals surface area contributed by atoms with Gasteiger partial charge in [0.25, 0.3) is 0 Å². The van der Waals surface area contributed by atoms with E-state index in [0.717, 1.165) is 6.42 Å². The summed E-state index contributed by atoms with van der Waals surface area (Å²) in [7, 11) is 0. The zero-order chi connectivity index (χ0) is 9.64. The molecule has 2 nitrogen and oxygen atoms in total. The van der Waals surface area contributed by atoms with Crippen LogP contribution < -0.4 is 0 Å². The summed E-state index contributed by atoms with van der Waals surface area (Å²) in [6.07, 6.45) is -0.279. The van der Waals surface area contributed by atoms with Gasteiger partial charge in [0.2, 0.25) is 0 Å². The molecule has 1 saturated heterocycles. The van der Waals surface area contributed by atoms with E-state index in [0.29, 0.717) is 6.61 Å². The van der Waals surface area contributed by atoms with Gasteiger partial charge in [-0.05, 0) is 12.3 Å². The Morgan fingerprint density at radius 3 is 2.77 bits per heavy atom. The first-order chi connectivity index (χ1) is 6.10. The van der Waals surface area contributed by atoms with Crippen molar-refractivity contribution in [2.75, 3.05) is 6.61 Å². The van der Waals surface area contributed by atoms with Crippen LogP contribution in [0, 0.1) is 11.8 Å². The third-order valence-corrected chi connectivity index (χ3v) is 3.59. The molecular weight excluding hydrogens is 171 g/mol. The molecule has 13 heavy (non-hydrogen) atoms. The molecule has 0 radical (unpaired) electrons. The number of Topliss-reactive ketones (excluding diaryl/α,β-unsaturated/α-hetero) is 1. The van der Waals surface area contributed by atoms with Gasteiger partial charge in [0.1, 0.15) is 0 Å². The number of rotatable bonds is 1. The number of alkyl halides is 1. The Labute approximate surface area is 77.5 Å². The van der Waals surface area contributed by atoms with Crippen molar-refractivity contribution in [2.24, 2.45) is 11.8 Å². The lowest BCUT2D eigenvalue weighted by Crippen LogP contribution is -2.45. The minimum Gasteiger partial charge on any atom is -0.369 e. The quantitative estimate of drug-likeness (QED) is 0.584. The minimum atomic E-state index is -1.29. The van der Waals surface area contributed by atoms with Crippen molar-refractivity contribution in [1.29, 1.82) is 0 Å². The number of ether oxygens (including phenoxy) is 1. The average Bonchev–Trinajstić information content (AvgIpc) is 2.84. The summed E-state index contributed by atoms with van der Waals surface area (Å²) in [6.45, 7) is 4.58. The largest absolute Gasteiger partial charge is 0.369 e. The number of halogens is 1. The van der Waals surface area contributed by atoms with Crippen LogP contribution in [0.5, 0.6) is 0 Å². The number of carbonyl (C=O) groups excluding carboxylic acids is 1. The van der Waals surface area contributed by atoms with Crippen LogP contribution in [0.3, 0.4) is 0 Å². The van der Waals surface area contributed by atoms with Crippen LogP contribution in [-0.2, 0) is 9.53 Å². The predicted molar refractivity (Wildman–Crippen MR) is 46.1 cm³/mol. The van der Waals surface area contributed by atoms with Crippen LogP contribution in [-0.4, -0.2) is 24.2 Å². The summed E-state index contributed by atoms with van der Waals surface area (Å²) in [5.74, 6) is -0.153. The van der Waals surface area contributed by atoms with Crippen molar-refractivity contribution in [2.45, 2.75) is 38.5 Å². The molecule has 4 atom stereocenters. The van der Waals surface area contributed by atoms with E-state index in [1.807, 2.05) is 13.8 Å². The molecule has 0 bridgehead atoms. The second kappa shape index (κ2) is 2.77. The van der Waals surface area contributed by atoms with Gasteiger partial charge in [-0.2, -0.15) is 0 Å². The Morgan fingerprint density at radius 1 is 1.69 bits per heavy atom. The smallest absolute Gasteiger partial charge is 0.170 e. The van der Waals surface area contributed by atoms with Gasteiger partial charge >= 0.3 is 0 Å². The monoisotopic (exact) mass is 186 g/mol. The van der Waals surface area contributed by atoms with E-state index in [4.69, 9.17) is 4.74 Å². The maximum atomic E-state index is 13.3. The SMILES string of the molecule is CCC1C(=O)C(F)CC2(CO2)C1C. The number of carbonyl (C=O) groups is 1. The van der Waals surface area contributed by atoms with E-state index in [9.17, 15) is 9.18 Å². The Bertz CT molecular complexity index is 235. The van der Waals surface area contributed by atoms with Gasteiger partial charge in [-0.1, -0.05) is 13.8 Å². The van der Waals surface area contributed by atoms with Crippen LogP contribution in [0.25, 0.3) is 0 Å². The standard InChI is InChI=1S/C10H15FO2/c1-3-7-6(2)10(5-13-10)4-8(11)9(7)12/h6-8H,3-5H2,1-2H3. The van der Waals surface area contributed by atoms with Gasteiger partial charge in [-0.3, -0.25) is 4.79 Å². The molecule has 1 heterocycles. The first-order valence-electron chi connectivity index (χ1n) is 4.92. The van der Waals surface area contributed by atoms with E-state index in [-0.39, 0.29) is 29.6 Å². The average molecular weight is 186 g/mol. The molecule has 4 unspecified atom stereocenters. The van der Waals surface area contributed by atoms with Gasteiger partial charge in [0.15, 0.2) is 12.0 Å². The number of ketones is 1. The Balaban J connectivity index is 2.20. The number of hydrogen-bond acceptors (Lipinski definition) is 2. The normalized spacial score (nSPS) is 49.8. The highest BCUT2D eigenvalue weighted by molar-refractivity contribution is 5.87. The summed E-state index contributed by atoms with van der Waals surface area (Å²) >= 11 is 0. The summed E-state index contributed by atoms with van der Waals surface area (Å²) < 4.78 is 18.6. The van der Waals surface area contributed by atoms with Gasteiger partial charge in [-0.15, -0.1) is 0 Å². The topological polar surface area (TPSA) is 29.6 Å². The first-order valence-corrected chi connectivity index (χ1v) is 4.92. The molecule has 1 spiro atoms. The zero-order valence-corrected chi connectivity index (χ0v) is 8.05. The lowest BCUT2D eigenvalue weighted by molar-refractivity contribution is -0.135. The molecule has 1 aliphatic heterocycles. The molecule has 0 N–H and O–H groups in total. The highest BCUT2D eigenvalue weighted by atomic mass is 19.1. The molecule has 0 aromatic heterocycles. The molecule has 3 heteroatoms. The summed E-state index contributed by atoms with van der Waals surface area (Å²) in [5, 5.41) is 0. The number of hydrogen-bond donors (Lipinski definition) is 0. The van der Waals surface area contributed by atoms with E-state index < -0.39 is 6.17 Å². The molecule has 0 aromatic carbocycles. The third-order valence-electron chi connectivity index (χ3n) is 3.59. The van der Waals surface area contributed by atoms with E-state index in [2.05, 4.69) is 0 Å². The lowest BCUT2D eigenvalue weighted by Gasteiger charge is -2.34. The van der Waals surface area contributed by atoms with Crippen LogP contribution in [0.2, 0.25) is 0 Å². The Hall–Kier alpha value is -0.440. The van der Waals surface area contributed by atoms with Crippen molar-refractivity contribution in [1.82, 2.24) is 0 Å². The van der Waals surface area contributed by atoms with Crippen molar-refractivity contribution in [3.63, 3.8) is 0 Å². The fraction of sp³-hybridized carbons (Fsp3) is 0.900. The van der Waals surface area contributed by atoms with E-state index in [1.165, 1.54) is 0 Å². The second-order valence-electron chi connectivity index (χ2n) is 4.23. The highest BCUT2D eigenvalue weighted by Crippen LogP contribution is 2.48. The van der Waals surface area contributed by atoms with Gasteiger partial charge in [-0.25, -0.2) is 4.39 Å². The fourth-order valence-electron chi connectivity index (χ4n) is 2.46. The summed E-state index contributed by atoms with van der Waals surface area (Å²) in [4.78, 5) is 11.5. The van der Waals surface area contributed by atoms with Gasteiger partial charge in [0.05, 0.1) is 12.2 Å². The van der Waals surface area contributed by atoms with Crippen molar-refractivity contribution >= 4 is 5.78 Å². The van der Waals surface area contributed by atoms with E-state index in [1.54, 1.807) is 0 Å². The molecule has 74 valence electrons. The van der Waals surface area contributed by atoms with Crippen LogP contribution >= 0.6 is 0 Å². The second-order valence-corrected chi connectivity index (χ2v) is 4.23. The molecule has 1 aliphatic carbocycles. The Morgan fingerprint density at radius 2 is 2.31 bits per heavy atom. The van der Waals surface area contributed by atoms with Gasteiger partial charge in [0, 0.05) is 12.3 Å². The van der Waals surface area contributed by atoms with Gasteiger partial charge < -0.3 is 4.74 Å². The van der Waals surface area contributed by atoms with Crippen LogP contribution in [0.1, 0.15) is 26.7 Å². The maximum Gasteiger partial charge on any atom is 0.170 e. The molecule has 1 saturated carbocycles. The highest BCUT2D eigenvalue weighted by Gasteiger charge is 2.58. The maximum absolute atomic E-state index is 13.3. The fourth-order valence-corrected chi connectivity index (χ4v) is 2.46. The summed E-state index contributed by atoms with van der Waals surface area (Å²) in [5.41, 5.74) is -0.284. The third kappa shape index (κ3) is 1.21. The molecular formula is C10H15FO2. The lowest BCUT2D eigenvalue weighted by atomic mass is 9.70. The predicted octanol–water partition coefficient (Wildman–Crippen LogP) is 1.73. The first kappa shape index (κ1) is 9.13. The van der Waals surface area contributed by atoms with Crippen molar-refractivity contribution in [3.8, 4) is 0 Å². The summed E-state index contributed by atoms with van der Waals surface area (Å²) in [6, 6.07) is 0. The molecule has 0 amide bonds. The van der Waals surface area contributed by atoms with E-state index >= 15 is 0 Å². The molecule has 2 fully saturated rings. The van der Waals surface area contributed by atoms with Crippen LogP contribution in [0.15, 0.2) is 0 Å². The molecule has 2 aliphatic rings. The van der Waals surface area contributed by atoms with Crippen molar-refractivity contribution < 1.29 is 13.9 Å². The Kier molecular flexibility index (Phi) is 1.95. The minimum absolute atomic E-state index is 0.133. The molecule has 2 rings (SSSR count). The van der Waals surface area contributed by atoms with Crippen LogP contribution in [0.4, 0.5) is 4.39 Å².